The summed E-state index contributed by atoms with van der Waals surface area (Å²) in [5.41, 5.74) is 2.48. The quantitative estimate of drug-likeness (QED) is 0.705. The molecule has 7 nitrogen and oxygen atoms in total. The predicted molar refractivity (Wildman–Crippen MR) is 107 cm³/mol. The molecule has 0 saturated carbocycles. The van der Waals surface area contributed by atoms with Gasteiger partial charge in [-0.2, -0.15) is 0 Å². The van der Waals surface area contributed by atoms with Crippen LogP contribution in [0.1, 0.15) is 47.1 Å². The van der Waals surface area contributed by atoms with Crippen LogP contribution in [-0.4, -0.2) is 47.6 Å². The third-order valence-corrected chi connectivity index (χ3v) is 4.86. The Balaban J connectivity index is 0.00000261. The monoisotopic (exact) mass is 393 g/mol. The number of amides is 1. The molecule has 1 aromatic heterocycles. The van der Waals surface area contributed by atoms with Crippen molar-refractivity contribution in [1.82, 2.24) is 25.6 Å². The largest absolute Gasteiger partial charge is 0.497 e. The van der Waals surface area contributed by atoms with Crippen LogP contribution in [0.25, 0.3) is 0 Å². The highest BCUT2D eigenvalue weighted by atomic mass is 35.5. The van der Waals surface area contributed by atoms with Gasteiger partial charge in [-0.05, 0) is 63.4 Å². The van der Waals surface area contributed by atoms with E-state index in [2.05, 4.69) is 27.0 Å². The zero-order valence-electron chi connectivity index (χ0n) is 15.9. The van der Waals surface area contributed by atoms with Crippen molar-refractivity contribution in [2.24, 2.45) is 0 Å². The van der Waals surface area contributed by atoms with E-state index >= 15 is 0 Å². The number of hydrogen-bond acceptors (Lipinski definition) is 5. The molecule has 1 aromatic carbocycles. The van der Waals surface area contributed by atoms with Crippen LogP contribution in [0.2, 0.25) is 0 Å². The van der Waals surface area contributed by atoms with E-state index in [1.165, 1.54) is 5.56 Å². The van der Waals surface area contributed by atoms with E-state index in [0.717, 1.165) is 50.2 Å². The number of aromatic nitrogens is 3. The van der Waals surface area contributed by atoms with Crippen molar-refractivity contribution in [3.05, 3.63) is 41.2 Å². The van der Waals surface area contributed by atoms with Crippen molar-refractivity contribution < 1.29 is 9.53 Å². The van der Waals surface area contributed by atoms with E-state index < -0.39 is 0 Å². The first-order valence-electron chi connectivity index (χ1n) is 9.22. The summed E-state index contributed by atoms with van der Waals surface area (Å²) >= 11 is 0. The van der Waals surface area contributed by atoms with Crippen molar-refractivity contribution >= 4 is 18.3 Å². The molecular weight excluding hydrogens is 366 g/mol. The molecule has 0 radical (unpaired) electrons. The van der Waals surface area contributed by atoms with Gasteiger partial charge in [0.25, 0.3) is 5.91 Å². The van der Waals surface area contributed by atoms with Crippen LogP contribution in [0.3, 0.4) is 0 Å². The summed E-state index contributed by atoms with van der Waals surface area (Å²) in [5, 5.41) is 14.6. The van der Waals surface area contributed by atoms with E-state index in [9.17, 15) is 4.79 Å². The molecule has 3 rings (SSSR count). The third kappa shape index (κ3) is 5.43. The molecule has 148 valence electrons. The molecule has 0 aliphatic carbocycles. The van der Waals surface area contributed by atoms with Gasteiger partial charge in [0.05, 0.1) is 18.8 Å². The minimum Gasteiger partial charge on any atom is -0.497 e. The van der Waals surface area contributed by atoms with Gasteiger partial charge in [0.1, 0.15) is 5.75 Å². The lowest BCUT2D eigenvalue weighted by Gasteiger charge is -2.23. The lowest BCUT2D eigenvalue weighted by atomic mass is 10.1. The van der Waals surface area contributed by atoms with Crippen LogP contribution >= 0.6 is 12.4 Å². The van der Waals surface area contributed by atoms with Crippen LogP contribution < -0.4 is 15.4 Å². The molecule has 1 fully saturated rings. The summed E-state index contributed by atoms with van der Waals surface area (Å²) < 4.78 is 7.14. The van der Waals surface area contributed by atoms with Crippen LogP contribution in [0.15, 0.2) is 24.3 Å². The standard InChI is InChI=1S/C19H27N5O2.ClH/c1-14-18(22-23-24(14)16-8-11-20-12-9-16)19(25)21-10-4-6-15-5-3-7-17(13-15)26-2;/h3,5,7,13,16,20H,4,6,8-12H2,1-2H3,(H,21,25);1H. The lowest BCUT2D eigenvalue weighted by Crippen LogP contribution is -2.30. The summed E-state index contributed by atoms with van der Waals surface area (Å²) in [6, 6.07) is 8.34. The minimum atomic E-state index is -0.145. The van der Waals surface area contributed by atoms with Gasteiger partial charge in [-0.15, -0.1) is 17.5 Å². The highest BCUT2D eigenvalue weighted by molar-refractivity contribution is 5.93. The fourth-order valence-electron chi connectivity index (χ4n) is 3.35. The molecule has 8 heteroatoms. The van der Waals surface area contributed by atoms with Gasteiger partial charge in [0, 0.05) is 6.54 Å². The maximum absolute atomic E-state index is 12.4. The molecule has 0 unspecified atom stereocenters. The molecule has 0 bridgehead atoms. The minimum absolute atomic E-state index is 0. The Morgan fingerprint density at radius 3 is 2.89 bits per heavy atom. The number of nitrogens with zero attached hydrogens (tertiary/aromatic N) is 3. The molecule has 2 N–H and O–H groups in total. The number of benzene rings is 1. The van der Waals surface area contributed by atoms with E-state index in [1.807, 2.05) is 29.8 Å². The van der Waals surface area contributed by atoms with E-state index in [-0.39, 0.29) is 18.3 Å². The van der Waals surface area contributed by atoms with Crippen molar-refractivity contribution in [3.63, 3.8) is 0 Å². The van der Waals surface area contributed by atoms with Gasteiger partial charge in [-0.25, -0.2) is 4.68 Å². The van der Waals surface area contributed by atoms with Gasteiger partial charge in [-0.3, -0.25) is 4.79 Å². The smallest absolute Gasteiger partial charge is 0.273 e. The number of ether oxygens (including phenoxy) is 1. The zero-order valence-corrected chi connectivity index (χ0v) is 16.7. The Kier molecular flexibility index (Phi) is 8.06. The predicted octanol–water partition coefficient (Wildman–Crippen LogP) is 2.30. The summed E-state index contributed by atoms with van der Waals surface area (Å²) in [6.45, 7) is 4.49. The maximum atomic E-state index is 12.4. The zero-order chi connectivity index (χ0) is 18.4. The number of rotatable bonds is 7. The normalized spacial score (nSPS) is 14.4. The second kappa shape index (κ2) is 10.3. The first-order valence-corrected chi connectivity index (χ1v) is 9.22. The molecule has 1 aliphatic heterocycles. The Labute approximate surface area is 166 Å². The van der Waals surface area contributed by atoms with Crippen LogP contribution in [0.5, 0.6) is 5.75 Å². The van der Waals surface area contributed by atoms with Crippen molar-refractivity contribution in [1.29, 1.82) is 0 Å². The summed E-state index contributed by atoms with van der Waals surface area (Å²) in [7, 11) is 1.67. The fourth-order valence-corrected chi connectivity index (χ4v) is 3.35. The highest BCUT2D eigenvalue weighted by Crippen LogP contribution is 2.20. The number of halogens is 1. The van der Waals surface area contributed by atoms with Gasteiger partial charge in [-0.1, -0.05) is 17.3 Å². The van der Waals surface area contributed by atoms with Gasteiger partial charge in [0.2, 0.25) is 0 Å². The average Bonchev–Trinajstić information content (AvgIpc) is 3.07. The van der Waals surface area contributed by atoms with Crippen molar-refractivity contribution in [3.8, 4) is 5.75 Å². The first kappa shape index (κ1) is 21.2. The van der Waals surface area contributed by atoms with E-state index in [0.29, 0.717) is 18.3 Å². The summed E-state index contributed by atoms with van der Waals surface area (Å²) in [4.78, 5) is 12.4. The molecule has 2 aromatic rings. The number of piperidine rings is 1. The molecular formula is C19H28ClN5O2. The molecule has 2 heterocycles. The maximum Gasteiger partial charge on any atom is 0.273 e. The Bertz CT molecular complexity index is 743. The molecule has 27 heavy (non-hydrogen) atoms. The molecule has 1 amide bonds. The van der Waals surface area contributed by atoms with E-state index in [1.54, 1.807) is 7.11 Å². The summed E-state index contributed by atoms with van der Waals surface area (Å²) in [5.74, 6) is 0.713. The topological polar surface area (TPSA) is 81.1 Å². The lowest BCUT2D eigenvalue weighted by molar-refractivity contribution is 0.0947. The molecule has 0 spiro atoms. The Morgan fingerprint density at radius 2 is 2.15 bits per heavy atom. The SMILES string of the molecule is COc1cccc(CCCNC(=O)c2nnn(C3CCNCC3)c2C)c1.Cl. The number of nitrogens with one attached hydrogen (secondary N) is 2. The second-order valence-corrected chi connectivity index (χ2v) is 6.66. The van der Waals surface area contributed by atoms with Gasteiger partial charge < -0.3 is 15.4 Å². The highest BCUT2D eigenvalue weighted by Gasteiger charge is 2.22. The number of methoxy groups -OCH3 is 1. The van der Waals surface area contributed by atoms with Gasteiger partial charge >= 0.3 is 0 Å². The van der Waals surface area contributed by atoms with E-state index in [4.69, 9.17) is 4.74 Å². The number of hydrogen-bond donors (Lipinski definition) is 2. The fraction of sp³-hybridized carbons (Fsp3) is 0.526. The van der Waals surface area contributed by atoms with Crippen LogP contribution in [-0.2, 0) is 6.42 Å². The first-order chi connectivity index (χ1) is 12.7. The van der Waals surface area contributed by atoms with Crippen molar-refractivity contribution in [2.45, 2.75) is 38.6 Å². The second-order valence-electron chi connectivity index (χ2n) is 6.66. The van der Waals surface area contributed by atoms with Gasteiger partial charge in [0.15, 0.2) is 5.69 Å². The van der Waals surface area contributed by atoms with Crippen LogP contribution in [0.4, 0.5) is 0 Å². The Hall–Kier alpha value is -2.12. The molecule has 1 saturated heterocycles. The number of aryl methyl sites for hydroxylation is 1. The molecule has 1 aliphatic rings. The third-order valence-electron chi connectivity index (χ3n) is 4.86. The number of carbonyl (C=O) groups is 1. The average molecular weight is 394 g/mol. The van der Waals surface area contributed by atoms with Crippen molar-refractivity contribution in [2.75, 3.05) is 26.7 Å². The number of carbonyl (C=O) groups excluding carboxylic acids is 1. The summed E-state index contributed by atoms with van der Waals surface area (Å²) in [6.07, 6.45) is 3.79. The Morgan fingerprint density at radius 1 is 1.37 bits per heavy atom. The molecule has 0 atom stereocenters. The van der Waals surface area contributed by atoms with Crippen LogP contribution in [0, 0.1) is 6.92 Å².